The van der Waals surface area contributed by atoms with Crippen LogP contribution in [0.1, 0.15) is 24.9 Å². The number of methoxy groups -OCH3 is 1. The van der Waals surface area contributed by atoms with Gasteiger partial charge in [-0.1, -0.05) is 22.9 Å². The average Bonchev–Trinajstić information content (AvgIpc) is 2.30. The summed E-state index contributed by atoms with van der Waals surface area (Å²) in [6.45, 7) is 2.83. The van der Waals surface area contributed by atoms with Gasteiger partial charge in [0.1, 0.15) is 11.9 Å². The van der Waals surface area contributed by atoms with Crippen LogP contribution in [0.15, 0.2) is 22.7 Å². The minimum Gasteiger partial charge on any atom is -0.490 e. The van der Waals surface area contributed by atoms with Gasteiger partial charge in [0.25, 0.3) is 0 Å². The Morgan fingerprint density at radius 2 is 2.35 bits per heavy atom. The van der Waals surface area contributed by atoms with Gasteiger partial charge in [0.05, 0.1) is 6.61 Å². The van der Waals surface area contributed by atoms with Crippen molar-refractivity contribution >= 4 is 15.9 Å². The molecule has 17 heavy (non-hydrogen) atoms. The molecule has 0 spiro atoms. The van der Waals surface area contributed by atoms with Gasteiger partial charge in [0, 0.05) is 35.5 Å². The summed E-state index contributed by atoms with van der Waals surface area (Å²) in [5, 5.41) is 0. The largest absolute Gasteiger partial charge is 0.490 e. The molecular formula is C13H18BrNO2. The van der Waals surface area contributed by atoms with Gasteiger partial charge in [-0.2, -0.15) is 0 Å². The van der Waals surface area contributed by atoms with E-state index < -0.39 is 0 Å². The van der Waals surface area contributed by atoms with Crippen molar-refractivity contribution in [3.8, 4) is 5.75 Å². The maximum atomic E-state index is 6.20. The molecule has 4 heteroatoms. The first-order valence-corrected chi connectivity index (χ1v) is 6.61. The third kappa shape index (κ3) is 2.81. The van der Waals surface area contributed by atoms with Gasteiger partial charge >= 0.3 is 0 Å². The molecule has 0 radical (unpaired) electrons. The highest BCUT2D eigenvalue weighted by atomic mass is 79.9. The second-order valence-corrected chi connectivity index (χ2v) is 5.53. The molecule has 0 saturated heterocycles. The van der Waals surface area contributed by atoms with E-state index in [1.807, 2.05) is 18.2 Å². The fourth-order valence-electron chi connectivity index (χ4n) is 2.22. The van der Waals surface area contributed by atoms with Gasteiger partial charge in [-0.15, -0.1) is 0 Å². The number of rotatable bonds is 3. The van der Waals surface area contributed by atoms with Gasteiger partial charge in [-0.25, -0.2) is 0 Å². The zero-order valence-corrected chi connectivity index (χ0v) is 11.7. The molecule has 2 N–H and O–H groups in total. The van der Waals surface area contributed by atoms with Crippen molar-refractivity contribution in [1.29, 1.82) is 0 Å². The molecule has 1 aliphatic heterocycles. The van der Waals surface area contributed by atoms with Crippen LogP contribution in [-0.4, -0.2) is 19.8 Å². The maximum absolute atomic E-state index is 6.20. The SMILES string of the molecule is COCC(C)C1C[C@H](N)c2cc(Br)ccc2O1. The molecule has 1 aromatic carbocycles. The molecule has 3 nitrogen and oxygen atoms in total. The van der Waals surface area contributed by atoms with Gasteiger partial charge in [-0.3, -0.25) is 0 Å². The Morgan fingerprint density at radius 3 is 3.06 bits per heavy atom. The summed E-state index contributed by atoms with van der Waals surface area (Å²) < 4.78 is 12.2. The van der Waals surface area contributed by atoms with Gasteiger partial charge in [0.2, 0.25) is 0 Å². The van der Waals surface area contributed by atoms with Crippen molar-refractivity contribution in [2.75, 3.05) is 13.7 Å². The summed E-state index contributed by atoms with van der Waals surface area (Å²) in [4.78, 5) is 0. The van der Waals surface area contributed by atoms with Crippen LogP contribution in [0.4, 0.5) is 0 Å². The monoisotopic (exact) mass is 299 g/mol. The molecule has 0 aromatic heterocycles. The van der Waals surface area contributed by atoms with Crippen LogP contribution in [0, 0.1) is 5.92 Å². The lowest BCUT2D eigenvalue weighted by Gasteiger charge is -2.33. The molecule has 0 fully saturated rings. The highest BCUT2D eigenvalue weighted by Crippen LogP contribution is 2.37. The molecule has 1 heterocycles. The average molecular weight is 300 g/mol. The molecule has 0 saturated carbocycles. The summed E-state index contributed by atoms with van der Waals surface area (Å²) in [6, 6.07) is 6.04. The molecule has 94 valence electrons. The number of benzene rings is 1. The second-order valence-electron chi connectivity index (χ2n) is 4.61. The van der Waals surface area contributed by atoms with E-state index >= 15 is 0 Å². The van der Waals surface area contributed by atoms with Crippen LogP contribution in [0.25, 0.3) is 0 Å². The predicted octanol–water partition coefficient (Wildman–Crippen LogP) is 2.88. The molecule has 2 rings (SSSR count). The van der Waals surface area contributed by atoms with E-state index in [0.717, 1.165) is 22.2 Å². The minimum atomic E-state index is 0.0422. The van der Waals surface area contributed by atoms with Crippen molar-refractivity contribution < 1.29 is 9.47 Å². The molecule has 1 aliphatic rings. The molecule has 3 atom stereocenters. The maximum Gasteiger partial charge on any atom is 0.124 e. The molecular weight excluding hydrogens is 282 g/mol. The summed E-state index contributed by atoms with van der Waals surface area (Å²) in [6.07, 6.45) is 0.979. The van der Waals surface area contributed by atoms with E-state index in [-0.39, 0.29) is 12.1 Å². The minimum absolute atomic E-state index is 0.0422. The lowest BCUT2D eigenvalue weighted by Crippen LogP contribution is -2.35. The third-order valence-electron chi connectivity index (χ3n) is 3.20. The van der Waals surface area contributed by atoms with E-state index in [9.17, 15) is 0 Å². The van der Waals surface area contributed by atoms with Crippen molar-refractivity contribution in [2.24, 2.45) is 11.7 Å². The molecule has 0 aliphatic carbocycles. The van der Waals surface area contributed by atoms with Crippen LogP contribution in [0.5, 0.6) is 5.75 Å². The number of ether oxygens (including phenoxy) is 2. The Kier molecular flexibility index (Phi) is 4.07. The molecule has 1 aromatic rings. The van der Waals surface area contributed by atoms with Crippen LogP contribution in [0.3, 0.4) is 0 Å². The second kappa shape index (κ2) is 5.38. The zero-order chi connectivity index (χ0) is 12.4. The Hall–Kier alpha value is -0.580. The van der Waals surface area contributed by atoms with Crippen molar-refractivity contribution in [2.45, 2.75) is 25.5 Å². The quantitative estimate of drug-likeness (QED) is 0.933. The predicted molar refractivity (Wildman–Crippen MR) is 71.1 cm³/mol. The highest BCUT2D eigenvalue weighted by molar-refractivity contribution is 9.10. The van der Waals surface area contributed by atoms with Crippen LogP contribution >= 0.6 is 15.9 Å². The Bertz CT molecular complexity index is 397. The lowest BCUT2D eigenvalue weighted by atomic mass is 9.91. The van der Waals surface area contributed by atoms with Crippen molar-refractivity contribution in [3.63, 3.8) is 0 Å². The third-order valence-corrected chi connectivity index (χ3v) is 3.69. The standard InChI is InChI=1S/C13H18BrNO2/c1-8(7-16-2)13-6-11(15)10-5-9(14)3-4-12(10)17-13/h3-5,8,11,13H,6-7,15H2,1-2H3/t8?,11-,13?/m0/s1. The first kappa shape index (κ1) is 12.9. The zero-order valence-electron chi connectivity index (χ0n) is 10.2. The van der Waals surface area contributed by atoms with Gasteiger partial charge in [0.15, 0.2) is 0 Å². The first-order chi connectivity index (χ1) is 8.11. The van der Waals surface area contributed by atoms with Gasteiger partial charge < -0.3 is 15.2 Å². The van der Waals surface area contributed by atoms with E-state index in [1.54, 1.807) is 7.11 Å². The van der Waals surface area contributed by atoms with Crippen molar-refractivity contribution in [1.82, 2.24) is 0 Å². The fraction of sp³-hybridized carbons (Fsp3) is 0.538. The van der Waals surface area contributed by atoms with E-state index in [2.05, 4.69) is 22.9 Å². The smallest absolute Gasteiger partial charge is 0.124 e. The summed E-state index contributed by atoms with van der Waals surface area (Å²) >= 11 is 3.46. The number of hydrogen-bond acceptors (Lipinski definition) is 3. The van der Waals surface area contributed by atoms with Crippen molar-refractivity contribution in [3.05, 3.63) is 28.2 Å². The van der Waals surface area contributed by atoms with E-state index in [0.29, 0.717) is 12.5 Å². The number of nitrogens with two attached hydrogens (primary N) is 1. The molecule has 0 amide bonds. The lowest BCUT2D eigenvalue weighted by molar-refractivity contribution is 0.0538. The Balaban J connectivity index is 2.18. The number of halogens is 1. The molecule has 0 bridgehead atoms. The Morgan fingerprint density at radius 1 is 1.59 bits per heavy atom. The summed E-state index contributed by atoms with van der Waals surface area (Å²) in [7, 11) is 1.71. The molecule has 2 unspecified atom stereocenters. The fourth-order valence-corrected chi connectivity index (χ4v) is 2.60. The number of fused-ring (bicyclic) bond motifs is 1. The summed E-state index contributed by atoms with van der Waals surface area (Å²) in [5.74, 6) is 1.25. The topological polar surface area (TPSA) is 44.5 Å². The van der Waals surface area contributed by atoms with Gasteiger partial charge in [-0.05, 0) is 18.2 Å². The van der Waals surface area contributed by atoms with E-state index in [1.165, 1.54) is 0 Å². The van der Waals surface area contributed by atoms with E-state index in [4.69, 9.17) is 15.2 Å². The van der Waals surface area contributed by atoms with Crippen LogP contribution < -0.4 is 10.5 Å². The Labute approximate surface area is 110 Å². The normalized spacial score (nSPS) is 24.9. The summed E-state index contributed by atoms with van der Waals surface area (Å²) in [5.41, 5.74) is 7.28. The first-order valence-electron chi connectivity index (χ1n) is 5.82. The van der Waals surface area contributed by atoms with Crippen LogP contribution in [0.2, 0.25) is 0 Å². The number of hydrogen-bond donors (Lipinski definition) is 1. The van der Waals surface area contributed by atoms with Crippen LogP contribution in [-0.2, 0) is 4.74 Å². The highest BCUT2D eigenvalue weighted by Gasteiger charge is 2.29.